The molecule has 1 saturated heterocycles. The van der Waals surface area contributed by atoms with E-state index in [4.69, 9.17) is 5.73 Å². The first-order valence-electron chi connectivity index (χ1n) is 6.90. The second-order valence-corrected chi connectivity index (χ2v) is 6.73. The molecule has 4 heteroatoms. The summed E-state index contributed by atoms with van der Waals surface area (Å²) in [4.78, 5) is 2.34. The molecule has 106 valence electrons. The highest BCUT2D eigenvalue weighted by Gasteiger charge is 2.29. The molecule has 0 spiro atoms. The average Bonchev–Trinajstić information content (AvgIpc) is 2.33. The van der Waals surface area contributed by atoms with Gasteiger partial charge in [-0.15, -0.1) is 0 Å². The molecule has 1 fully saturated rings. The number of nitrogens with zero attached hydrogens (tertiary/aromatic N) is 1. The van der Waals surface area contributed by atoms with E-state index >= 15 is 0 Å². The molecule has 0 saturated carbocycles. The molecule has 2 nitrogen and oxygen atoms in total. The Morgan fingerprint density at radius 2 is 2.00 bits per heavy atom. The number of hydrogen-bond acceptors (Lipinski definition) is 2. The molecule has 1 aliphatic rings. The average molecular weight is 329 g/mol. The van der Waals surface area contributed by atoms with E-state index < -0.39 is 0 Å². The summed E-state index contributed by atoms with van der Waals surface area (Å²) in [5.41, 5.74) is 6.63. The summed E-state index contributed by atoms with van der Waals surface area (Å²) in [5, 5.41) is 0. The van der Waals surface area contributed by atoms with Gasteiger partial charge in [-0.25, -0.2) is 4.39 Å². The Bertz CT molecular complexity index is 428. The summed E-state index contributed by atoms with van der Waals surface area (Å²) in [5.74, 6) is 1.13. The van der Waals surface area contributed by atoms with Crippen molar-refractivity contribution in [1.29, 1.82) is 0 Å². The smallest absolute Gasteiger partial charge is 0.128 e. The molecule has 2 N–H and O–H groups in total. The number of likely N-dealkylation sites (tertiary alicyclic amines) is 1. The number of nitrogens with two attached hydrogens (primary N) is 1. The molecule has 3 atom stereocenters. The fourth-order valence-corrected chi connectivity index (χ4v) is 3.59. The number of benzene rings is 1. The summed E-state index contributed by atoms with van der Waals surface area (Å²) < 4.78 is 15.0. The Hall–Kier alpha value is -0.450. The van der Waals surface area contributed by atoms with Crippen LogP contribution in [-0.2, 0) is 0 Å². The zero-order valence-electron chi connectivity index (χ0n) is 11.6. The molecule has 1 heterocycles. The van der Waals surface area contributed by atoms with Crippen LogP contribution in [0.15, 0.2) is 22.7 Å². The van der Waals surface area contributed by atoms with Gasteiger partial charge in [0.25, 0.3) is 0 Å². The lowest BCUT2D eigenvalue weighted by Gasteiger charge is -2.40. The van der Waals surface area contributed by atoms with E-state index in [0.717, 1.165) is 17.6 Å². The fraction of sp³-hybridized carbons (Fsp3) is 0.600. The Labute approximate surface area is 123 Å². The van der Waals surface area contributed by atoms with Crippen molar-refractivity contribution < 1.29 is 4.39 Å². The van der Waals surface area contributed by atoms with E-state index in [-0.39, 0.29) is 11.9 Å². The largest absolute Gasteiger partial charge is 0.329 e. The molecule has 19 heavy (non-hydrogen) atoms. The van der Waals surface area contributed by atoms with E-state index in [0.29, 0.717) is 23.9 Å². The predicted octanol–water partition coefficient (Wildman–Crippen LogP) is 3.57. The summed E-state index contributed by atoms with van der Waals surface area (Å²) in [6.07, 6.45) is 1.24. The van der Waals surface area contributed by atoms with Gasteiger partial charge in [-0.2, -0.15) is 0 Å². The van der Waals surface area contributed by atoms with Gasteiger partial charge in [-0.3, -0.25) is 4.90 Å². The van der Waals surface area contributed by atoms with E-state index in [1.807, 2.05) is 6.07 Å². The highest BCUT2D eigenvalue weighted by molar-refractivity contribution is 9.10. The Kier molecular flexibility index (Phi) is 4.98. The van der Waals surface area contributed by atoms with Crippen molar-refractivity contribution in [2.45, 2.75) is 26.3 Å². The van der Waals surface area contributed by atoms with E-state index in [1.165, 1.54) is 12.5 Å². The summed E-state index contributed by atoms with van der Waals surface area (Å²) in [6, 6.07) is 5.08. The molecule has 3 unspecified atom stereocenters. The second-order valence-electron chi connectivity index (χ2n) is 5.82. The molecule has 1 aromatic rings. The first-order chi connectivity index (χ1) is 9.01. The molecule has 0 aromatic heterocycles. The van der Waals surface area contributed by atoms with E-state index in [2.05, 4.69) is 34.7 Å². The molecular weight excluding hydrogens is 307 g/mol. The normalized spacial score (nSPS) is 26.4. The van der Waals surface area contributed by atoms with Gasteiger partial charge < -0.3 is 5.73 Å². The fourth-order valence-electron chi connectivity index (χ4n) is 3.21. The van der Waals surface area contributed by atoms with Crippen LogP contribution in [-0.4, -0.2) is 24.5 Å². The van der Waals surface area contributed by atoms with Crippen LogP contribution in [0.1, 0.15) is 31.9 Å². The zero-order valence-corrected chi connectivity index (χ0v) is 13.2. The highest BCUT2D eigenvalue weighted by atomic mass is 79.9. The maximum atomic E-state index is 14.1. The summed E-state index contributed by atoms with van der Waals surface area (Å²) in [6.45, 7) is 6.96. The third kappa shape index (κ3) is 3.56. The number of rotatable bonds is 3. The van der Waals surface area contributed by atoms with Crippen LogP contribution in [0.2, 0.25) is 0 Å². The maximum absolute atomic E-state index is 14.1. The Morgan fingerprint density at radius 3 is 2.58 bits per heavy atom. The van der Waals surface area contributed by atoms with Crippen molar-refractivity contribution >= 4 is 15.9 Å². The van der Waals surface area contributed by atoms with Gasteiger partial charge >= 0.3 is 0 Å². The lowest BCUT2D eigenvalue weighted by Crippen LogP contribution is -2.43. The summed E-state index contributed by atoms with van der Waals surface area (Å²) in [7, 11) is 0. The van der Waals surface area contributed by atoms with Gasteiger partial charge in [0.2, 0.25) is 0 Å². The quantitative estimate of drug-likeness (QED) is 0.919. The molecule has 1 aliphatic heterocycles. The first kappa shape index (κ1) is 14.9. The Balaban J connectivity index is 2.26. The molecule has 0 amide bonds. The van der Waals surface area contributed by atoms with Gasteiger partial charge in [0.05, 0.1) is 0 Å². The van der Waals surface area contributed by atoms with Crippen molar-refractivity contribution in [2.24, 2.45) is 17.6 Å². The number of halogens is 2. The van der Waals surface area contributed by atoms with Crippen molar-refractivity contribution in [1.82, 2.24) is 4.90 Å². The predicted molar refractivity (Wildman–Crippen MR) is 80.4 cm³/mol. The third-order valence-electron chi connectivity index (χ3n) is 3.88. The molecule has 1 aromatic carbocycles. The minimum Gasteiger partial charge on any atom is -0.329 e. The number of piperidine rings is 1. The Morgan fingerprint density at radius 1 is 1.37 bits per heavy atom. The van der Waals surface area contributed by atoms with Gasteiger partial charge in [0.15, 0.2) is 0 Å². The minimum absolute atomic E-state index is 0.0253. The SMILES string of the molecule is CC1CC(C)CN(C(CN)c2cc(Br)ccc2F)C1. The standard InChI is InChI=1S/C15H22BrFN2/c1-10-5-11(2)9-19(8-10)15(7-18)13-6-12(16)3-4-14(13)17/h3-4,6,10-11,15H,5,7-9,18H2,1-2H3. The van der Waals surface area contributed by atoms with Crippen LogP contribution >= 0.6 is 15.9 Å². The van der Waals surface area contributed by atoms with Gasteiger partial charge in [-0.1, -0.05) is 29.8 Å². The maximum Gasteiger partial charge on any atom is 0.128 e. The third-order valence-corrected chi connectivity index (χ3v) is 4.37. The minimum atomic E-state index is -0.162. The molecule has 2 rings (SSSR count). The van der Waals surface area contributed by atoms with Crippen LogP contribution in [0.3, 0.4) is 0 Å². The second kappa shape index (κ2) is 6.33. The first-order valence-corrected chi connectivity index (χ1v) is 7.69. The molecule has 0 aliphatic carbocycles. The molecule has 0 radical (unpaired) electrons. The monoisotopic (exact) mass is 328 g/mol. The lowest BCUT2D eigenvalue weighted by molar-refractivity contribution is 0.0967. The van der Waals surface area contributed by atoms with Crippen LogP contribution in [0.4, 0.5) is 4.39 Å². The van der Waals surface area contributed by atoms with Crippen LogP contribution in [0.25, 0.3) is 0 Å². The van der Waals surface area contributed by atoms with E-state index in [9.17, 15) is 4.39 Å². The summed E-state index contributed by atoms with van der Waals surface area (Å²) >= 11 is 3.42. The van der Waals surface area contributed by atoms with E-state index in [1.54, 1.807) is 6.07 Å². The highest BCUT2D eigenvalue weighted by Crippen LogP contribution is 2.31. The van der Waals surface area contributed by atoms with Gasteiger partial charge in [0, 0.05) is 35.7 Å². The van der Waals surface area contributed by atoms with Crippen LogP contribution in [0.5, 0.6) is 0 Å². The van der Waals surface area contributed by atoms with Crippen molar-refractivity contribution in [2.75, 3.05) is 19.6 Å². The van der Waals surface area contributed by atoms with Crippen molar-refractivity contribution in [3.63, 3.8) is 0 Å². The molecule has 0 bridgehead atoms. The van der Waals surface area contributed by atoms with Gasteiger partial charge in [-0.05, 0) is 36.5 Å². The van der Waals surface area contributed by atoms with Crippen LogP contribution in [0, 0.1) is 17.7 Å². The van der Waals surface area contributed by atoms with Crippen molar-refractivity contribution in [3.8, 4) is 0 Å². The number of hydrogen-bond donors (Lipinski definition) is 1. The van der Waals surface area contributed by atoms with Gasteiger partial charge in [0.1, 0.15) is 5.82 Å². The lowest BCUT2D eigenvalue weighted by atomic mass is 9.89. The van der Waals surface area contributed by atoms with Crippen LogP contribution < -0.4 is 5.73 Å². The molecular formula is C15H22BrFN2. The zero-order chi connectivity index (χ0) is 14.0. The van der Waals surface area contributed by atoms with Crippen molar-refractivity contribution in [3.05, 3.63) is 34.1 Å². The topological polar surface area (TPSA) is 29.3 Å².